The molecule has 3 aromatic rings. The van der Waals surface area contributed by atoms with Crippen LogP contribution in [0.4, 0.5) is 16.2 Å². The Bertz CT molecular complexity index is 1410. The van der Waals surface area contributed by atoms with Crippen molar-refractivity contribution in [3.05, 3.63) is 83.1 Å². The molecule has 5 rings (SSSR count). The number of benzene rings is 2. The Morgan fingerprint density at radius 1 is 1.05 bits per heavy atom. The highest BCUT2D eigenvalue weighted by Gasteiger charge is 2.39. The number of hydrogen-bond acceptors (Lipinski definition) is 6. The van der Waals surface area contributed by atoms with Gasteiger partial charge in [0.2, 0.25) is 5.91 Å². The largest absolute Gasteiger partial charge is 0.490 e. The minimum absolute atomic E-state index is 0.0662. The molecule has 2 aliphatic rings. The number of nitrogens with zero attached hydrogens (tertiary/aromatic N) is 2. The molecule has 3 N–H and O–H groups in total. The maximum absolute atomic E-state index is 13.5. The van der Waals surface area contributed by atoms with Crippen molar-refractivity contribution < 1.29 is 23.9 Å². The third-order valence-corrected chi connectivity index (χ3v) is 7.49. The van der Waals surface area contributed by atoms with Crippen LogP contribution in [0.25, 0.3) is 0 Å². The minimum Gasteiger partial charge on any atom is -0.490 e. The van der Waals surface area contributed by atoms with Crippen LogP contribution < -0.4 is 20.7 Å². The summed E-state index contributed by atoms with van der Waals surface area (Å²) in [5.41, 5.74) is 2.45. The van der Waals surface area contributed by atoms with Gasteiger partial charge in [0.05, 0.1) is 24.1 Å². The zero-order valence-electron chi connectivity index (χ0n) is 22.6. The van der Waals surface area contributed by atoms with Crippen LogP contribution in [0.15, 0.2) is 67.0 Å². The van der Waals surface area contributed by atoms with E-state index in [1.807, 2.05) is 12.1 Å². The number of likely N-dealkylation sites (N-methyl/N-ethyl adjacent to an activating group) is 1. The number of halogens is 1. The monoisotopic (exact) mass is 577 g/mol. The lowest BCUT2D eigenvalue weighted by Gasteiger charge is -2.42. The van der Waals surface area contributed by atoms with Crippen molar-refractivity contribution in [2.75, 3.05) is 30.8 Å². The molecule has 10 nitrogen and oxygen atoms in total. The first kappa shape index (κ1) is 28.4. The van der Waals surface area contributed by atoms with E-state index in [1.165, 1.54) is 0 Å². The lowest BCUT2D eigenvalue weighted by atomic mass is 9.94. The van der Waals surface area contributed by atoms with Gasteiger partial charge in [0.15, 0.2) is 0 Å². The molecule has 4 amide bonds. The van der Waals surface area contributed by atoms with E-state index in [-0.39, 0.29) is 43.1 Å². The van der Waals surface area contributed by atoms with E-state index < -0.39 is 6.03 Å². The molecule has 3 atom stereocenters. The molecule has 3 heterocycles. The number of rotatable bonds is 7. The lowest BCUT2D eigenvalue weighted by Crippen LogP contribution is -2.54. The van der Waals surface area contributed by atoms with Crippen molar-refractivity contribution in [3.8, 4) is 5.75 Å². The van der Waals surface area contributed by atoms with Crippen LogP contribution in [0.2, 0.25) is 5.02 Å². The average Bonchev–Trinajstić information content (AvgIpc) is 2.96. The molecule has 0 unspecified atom stereocenters. The molecule has 0 spiro atoms. The van der Waals surface area contributed by atoms with E-state index in [4.69, 9.17) is 21.1 Å². The Balaban J connectivity index is 1.17. The number of carbonyl (C=O) groups is 3. The van der Waals surface area contributed by atoms with Crippen molar-refractivity contribution >= 4 is 40.8 Å². The molecule has 1 saturated heterocycles. The predicted molar refractivity (Wildman–Crippen MR) is 155 cm³/mol. The minimum atomic E-state index is -0.465. The van der Waals surface area contributed by atoms with Crippen LogP contribution in [0, 0.1) is 0 Å². The average molecular weight is 578 g/mol. The summed E-state index contributed by atoms with van der Waals surface area (Å²) >= 11 is 5.99. The summed E-state index contributed by atoms with van der Waals surface area (Å²) in [5.74, 6) is 0.105. The van der Waals surface area contributed by atoms with Gasteiger partial charge in [-0.25, -0.2) is 4.79 Å². The highest BCUT2D eigenvalue weighted by atomic mass is 35.5. The molecule has 11 heteroatoms. The molecular formula is C30H32ClN5O5. The third-order valence-electron chi connectivity index (χ3n) is 7.25. The van der Waals surface area contributed by atoms with Crippen LogP contribution in [0.5, 0.6) is 5.75 Å². The second kappa shape index (κ2) is 13.0. The fraction of sp³-hybridized carbons (Fsp3) is 0.333. The topological polar surface area (TPSA) is 122 Å². The van der Waals surface area contributed by atoms with Gasteiger partial charge in [0.25, 0.3) is 5.91 Å². The van der Waals surface area contributed by atoms with Gasteiger partial charge in [0, 0.05) is 42.4 Å². The molecule has 0 aliphatic carbocycles. The summed E-state index contributed by atoms with van der Waals surface area (Å²) in [4.78, 5) is 44.2. The molecule has 0 radical (unpaired) electrons. The first-order chi connectivity index (χ1) is 19.9. The molecule has 1 fully saturated rings. The maximum atomic E-state index is 13.5. The Morgan fingerprint density at radius 2 is 1.83 bits per heavy atom. The molecule has 1 aromatic heterocycles. The van der Waals surface area contributed by atoms with Crippen LogP contribution in [-0.2, 0) is 16.0 Å². The zero-order valence-corrected chi connectivity index (χ0v) is 23.4. The predicted octanol–water partition coefficient (Wildman–Crippen LogP) is 4.51. The van der Waals surface area contributed by atoms with Crippen molar-refractivity contribution in [1.82, 2.24) is 15.2 Å². The van der Waals surface area contributed by atoms with Crippen LogP contribution in [0.3, 0.4) is 0 Å². The highest BCUT2D eigenvalue weighted by molar-refractivity contribution is 6.30. The summed E-state index contributed by atoms with van der Waals surface area (Å²) in [6.07, 6.45) is 5.15. The number of ether oxygens (including phenoxy) is 2. The van der Waals surface area contributed by atoms with Crippen molar-refractivity contribution in [2.45, 2.75) is 43.9 Å². The quantitative estimate of drug-likeness (QED) is 0.380. The first-order valence-electron chi connectivity index (χ1n) is 13.5. The number of nitrogens with one attached hydrogen (secondary N) is 3. The van der Waals surface area contributed by atoms with Crippen molar-refractivity contribution in [3.63, 3.8) is 0 Å². The molecular weight excluding hydrogens is 546 g/mol. The van der Waals surface area contributed by atoms with Gasteiger partial charge in [-0.05, 0) is 73.4 Å². The first-order valence-corrected chi connectivity index (χ1v) is 13.9. The third kappa shape index (κ3) is 7.33. The second-order valence-corrected chi connectivity index (χ2v) is 10.6. The normalized spacial score (nSPS) is 20.0. The van der Waals surface area contributed by atoms with E-state index in [2.05, 4.69) is 20.9 Å². The zero-order chi connectivity index (χ0) is 28.8. The smallest absolute Gasteiger partial charge is 0.323 e. The molecule has 2 aliphatic heterocycles. The number of amides is 4. The lowest BCUT2D eigenvalue weighted by molar-refractivity contribution is -0.134. The Labute approximate surface area is 243 Å². The Hall–Kier alpha value is -4.15. The van der Waals surface area contributed by atoms with E-state index in [0.29, 0.717) is 47.1 Å². The molecule has 41 heavy (non-hydrogen) atoms. The van der Waals surface area contributed by atoms with E-state index in [0.717, 1.165) is 12.0 Å². The van der Waals surface area contributed by atoms with Gasteiger partial charge in [0.1, 0.15) is 18.5 Å². The fourth-order valence-electron chi connectivity index (χ4n) is 5.14. The summed E-state index contributed by atoms with van der Waals surface area (Å²) in [6.45, 7) is 0.773. The summed E-state index contributed by atoms with van der Waals surface area (Å²) in [7, 11) is 1.75. The van der Waals surface area contributed by atoms with Crippen molar-refractivity contribution in [2.24, 2.45) is 0 Å². The number of carbonyl (C=O) groups excluding carboxylic acids is 3. The van der Waals surface area contributed by atoms with Gasteiger partial charge < -0.3 is 30.3 Å². The molecule has 214 valence electrons. The maximum Gasteiger partial charge on any atom is 0.323 e. The van der Waals surface area contributed by atoms with E-state index >= 15 is 0 Å². The molecule has 2 aromatic carbocycles. The fourth-order valence-corrected chi connectivity index (χ4v) is 5.33. The van der Waals surface area contributed by atoms with Crippen LogP contribution >= 0.6 is 11.6 Å². The second-order valence-electron chi connectivity index (χ2n) is 10.1. The standard InChI is InChI=1S/C30H32ClN5O5/c1-36-25-7-6-23(17-28(37)33-14-11-19-9-12-32-13-10-19)41-27(25)18-40-26-8-5-22(16-24(26)29(36)38)35-30(39)34-21-4-2-3-20(31)15-21/h2-5,8-10,12-13,15-16,23,25,27H,6-7,11,14,17-18H2,1H3,(H,33,37)(H2,34,35,39)/t23-,25-,27+/m0/s1. The summed E-state index contributed by atoms with van der Waals surface area (Å²) < 4.78 is 12.3. The molecule has 0 saturated carbocycles. The SMILES string of the molecule is CN1C(=O)c2cc(NC(=O)Nc3cccc(Cl)c3)ccc2OC[C@H]2O[C@H](CC(=O)NCCc3ccncc3)CC[C@@H]21. The van der Waals surface area contributed by atoms with Gasteiger partial charge in [-0.2, -0.15) is 0 Å². The van der Waals surface area contributed by atoms with Gasteiger partial charge in [-0.1, -0.05) is 17.7 Å². The Kier molecular flexibility index (Phi) is 9.01. The number of hydrogen-bond donors (Lipinski definition) is 3. The molecule has 0 bridgehead atoms. The Morgan fingerprint density at radius 3 is 2.61 bits per heavy atom. The number of urea groups is 1. The number of pyridine rings is 1. The van der Waals surface area contributed by atoms with Crippen molar-refractivity contribution in [1.29, 1.82) is 0 Å². The van der Waals surface area contributed by atoms with Crippen LogP contribution in [0.1, 0.15) is 35.2 Å². The number of aromatic nitrogens is 1. The van der Waals surface area contributed by atoms with Crippen LogP contribution in [-0.4, -0.2) is 66.2 Å². The summed E-state index contributed by atoms with van der Waals surface area (Å²) in [5, 5.41) is 8.94. The number of anilines is 2. The highest BCUT2D eigenvalue weighted by Crippen LogP contribution is 2.32. The summed E-state index contributed by atoms with van der Waals surface area (Å²) in [6, 6.07) is 14.9. The van der Waals surface area contributed by atoms with E-state index in [9.17, 15) is 14.4 Å². The van der Waals surface area contributed by atoms with E-state index in [1.54, 1.807) is 66.8 Å². The van der Waals surface area contributed by atoms with Gasteiger partial charge >= 0.3 is 6.03 Å². The van der Waals surface area contributed by atoms with Gasteiger partial charge in [-0.15, -0.1) is 0 Å². The number of fused-ring (bicyclic) bond motifs is 2. The van der Waals surface area contributed by atoms with Gasteiger partial charge in [-0.3, -0.25) is 14.6 Å².